The molecule has 0 radical (unpaired) electrons. The minimum absolute atomic E-state index is 0.174. The molecule has 0 bridgehead atoms. The molecule has 0 unspecified atom stereocenters. The number of oxime groups is 1. The Kier molecular flexibility index (Phi) is 7.39. The first-order valence-corrected chi connectivity index (χ1v) is 9.54. The van der Waals surface area contributed by atoms with E-state index in [2.05, 4.69) is 5.16 Å². The lowest BCUT2D eigenvalue weighted by molar-refractivity contribution is 0.00892. The number of aliphatic hydroxyl groups excluding tert-OH is 1. The Hall–Kier alpha value is -1.99. The molecule has 2 aromatic carbocycles. The highest BCUT2D eigenvalue weighted by molar-refractivity contribution is 6.30. The third kappa shape index (κ3) is 5.75. The molecule has 7 heteroatoms. The lowest BCUT2D eigenvalue weighted by Crippen LogP contribution is -2.39. The molecule has 0 spiro atoms. The predicted molar refractivity (Wildman–Crippen MR) is 107 cm³/mol. The van der Waals surface area contributed by atoms with Crippen molar-refractivity contribution in [3.8, 4) is 0 Å². The number of benzene rings is 2. The van der Waals surface area contributed by atoms with Crippen LogP contribution in [0.15, 0.2) is 53.7 Å². The first kappa shape index (κ1) is 20.7. The van der Waals surface area contributed by atoms with Crippen molar-refractivity contribution in [2.75, 3.05) is 26.8 Å². The first-order chi connectivity index (χ1) is 13.5. The maximum absolute atomic E-state index is 14.1. The highest BCUT2D eigenvalue weighted by Crippen LogP contribution is 2.20. The summed E-state index contributed by atoms with van der Waals surface area (Å²) in [6, 6.07) is 14.1. The average molecular weight is 407 g/mol. The number of nitrogens with zero attached hydrogens (tertiary/aromatic N) is 2. The molecule has 0 amide bonds. The van der Waals surface area contributed by atoms with Crippen molar-refractivity contribution in [1.82, 2.24) is 4.90 Å². The van der Waals surface area contributed by atoms with Crippen molar-refractivity contribution in [2.24, 2.45) is 5.16 Å². The summed E-state index contributed by atoms with van der Waals surface area (Å²) in [5.41, 5.74) is 2.39. The summed E-state index contributed by atoms with van der Waals surface area (Å²) in [6.07, 6.45) is -0.211. The molecule has 1 heterocycles. The zero-order chi connectivity index (χ0) is 19.9. The van der Waals surface area contributed by atoms with Gasteiger partial charge in [-0.3, -0.25) is 4.90 Å². The van der Waals surface area contributed by atoms with Crippen LogP contribution in [0.4, 0.5) is 4.39 Å². The largest absolute Gasteiger partial charge is 0.390 e. The van der Waals surface area contributed by atoms with E-state index in [1.807, 2.05) is 29.2 Å². The third-order valence-electron chi connectivity index (χ3n) is 4.55. The number of methoxy groups -OCH3 is 1. The van der Waals surface area contributed by atoms with Crippen LogP contribution in [0.5, 0.6) is 0 Å². The zero-order valence-electron chi connectivity index (χ0n) is 15.7. The Bertz CT molecular complexity index is 800. The van der Waals surface area contributed by atoms with Crippen LogP contribution in [0.2, 0.25) is 5.02 Å². The highest BCUT2D eigenvalue weighted by Gasteiger charge is 2.26. The van der Waals surface area contributed by atoms with Gasteiger partial charge in [0, 0.05) is 43.8 Å². The van der Waals surface area contributed by atoms with Crippen LogP contribution in [0, 0.1) is 5.82 Å². The SMILES string of the molecule is COC[C@@H](O)CN(Cc1ccccc1F)C[C@@H]1CC(c2ccc(Cl)cc2)=NO1. The van der Waals surface area contributed by atoms with E-state index in [0.717, 1.165) is 11.3 Å². The molecule has 150 valence electrons. The van der Waals surface area contributed by atoms with E-state index in [1.54, 1.807) is 18.2 Å². The standard InChI is InChI=1S/C21H24ClFN2O3/c1-27-14-18(26)12-25(11-16-4-2-3-5-20(16)23)13-19-10-21(24-28-19)15-6-8-17(22)9-7-15/h2-9,18-19,26H,10-14H2,1H3/t18-,19-/m0/s1. The van der Waals surface area contributed by atoms with Gasteiger partial charge in [-0.15, -0.1) is 0 Å². The Morgan fingerprint density at radius 2 is 2.04 bits per heavy atom. The van der Waals surface area contributed by atoms with Crippen LogP contribution in [0.3, 0.4) is 0 Å². The number of hydrogen-bond donors (Lipinski definition) is 1. The first-order valence-electron chi connectivity index (χ1n) is 9.16. The number of rotatable bonds is 9. The molecule has 0 saturated heterocycles. The number of halogens is 2. The summed E-state index contributed by atoms with van der Waals surface area (Å²) in [4.78, 5) is 7.56. The average Bonchev–Trinajstić information content (AvgIpc) is 3.13. The molecular weight excluding hydrogens is 383 g/mol. The van der Waals surface area contributed by atoms with Gasteiger partial charge in [0.15, 0.2) is 0 Å². The van der Waals surface area contributed by atoms with Crippen LogP contribution in [-0.2, 0) is 16.1 Å². The summed E-state index contributed by atoms with van der Waals surface area (Å²) in [6.45, 7) is 1.43. The van der Waals surface area contributed by atoms with Crippen LogP contribution in [0.25, 0.3) is 0 Å². The Morgan fingerprint density at radius 3 is 2.75 bits per heavy atom. The molecule has 0 saturated carbocycles. The van der Waals surface area contributed by atoms with Crippen molar-refractivity contribution < 1.29 is 19.1 Å². The molecule has 0 fully saturated rings. The van der Waals surface area contributed by atoms with Gasteiger partial charge in [0.25, 0.3) is 0 Å². The fourth-order valence-electron chi connectivity index (χ4n) is 3.24. The second-order valence-electron chi connectivity index (χ2n) is 6.87. The van der Waals surface area contributed by atoms with Gasteiger partial charge in [-0.25, -0.2) is 4.39 Å². The minimum atomic E-state index is -0.671. The summed E-state index contributed by atoms with van der Waals surface area (Å²) in [5.74, 6) is -0.265. The van der Waals surface area contributed by atoms with Crippen molar-refractivity contribution in [2.45, 2.75) is 25.2 Å². The number of ether oxygens (including phenoxy) is 1. The van der Waals surface area contributed by atoms with E-state index >= 15 is 0 Å². The number of aliphatic hydroxyl groups is 1. The van der Waals surface area contributed by atoms with Crippen LogP contribution >= 0.6 is 11.6 Å². The third-order valence-corrected chi connectivity index (χ3v) is 4.80. The zero-order valence-corrected chi connectivity index (χ0v) is 16.5. The van der Waals surface area contributed by atoms with E-state index in [-0.39, 0.29) is 18.5 Å². The molecule has 1 aliphatic rings. The second-order valence-corrected chi connectivity index (χ2v) is 7.31. The van der Waals surface area contributed by atoms with E-state index in [0.29, 0.717) is 36.6 Å². The molecular formula is C21H24ClFN2O3. The van der Waals surface area contributed by atoms with Crippen molar-refractivity contribution in [1.29, 1.82) is 0 Å². The maximum atomic E-state index is 14.1. The molecule has 5 nitrogen and oxygen atoms in total. The minimum Gasteiger partial charge on any atom is -0.390 e. The van der Waals surface area contributed by atoms with Gasteiger partial charge in [-0.05, 0) is 23.8 Å². The van der Waals surface area contributed by atoms with E-state index in [9.17, 15) is 9.50 Å². The molecule has 0 aromatic heterocycles. The molecule has 2 atom stereocenters. The van der Waals surface area contributed by atoms with Gasteiger partial charge in [0.1, 0.15) is 11.9 Å². The summed E-state index contributed by atoms with van der Waals surface area (Å²) in [5, 5.41) is 15.0. The molecule has 28 heavy (non-hydrogen) atoms. The normalized spacial score (nSPS) is 17.5. The molecule has 2 aromatic rings. The summed E-state index contributed by atoms with van der Waals surface area (Å²) >= 11 is 5.94. The fraction of sp³-hybridized carbons (Fsp3) is 0.381. The maximum Gasteiger partial charge on any atom is 0.145 e. The van der Waals surface area contributed by atoms with Gasteiger partial charge in [-0.2, -0.15) is 0 Å². The molecule has 3 rings (SSSR count). The number of hydrogen-bond acceptors (Lipinski definition) is 5. The highest BCUT2D eigenvalue weighted by atomic mass is 35.5. The Morgan fingerprint density at radius 1 is 1.29 bits per heavy atom. The van der Waals surface area contributed by atoms with Gasteiger partial charge in [0.2, 0.25) is 0 Å². The van der Waals surface area contributed by atoms with Gasteiger partial charge in [-0.1, -0.05) is 47.1 Å². The Balaban J connectivity index is 1.64. The monoisotopic (exact) mass is 406 g/mol. The van der Waals surface area contributed by atoms with Crippen LogP contribution in [0.1, 0.15) is 17.5 Å². The van der Waals surface area contributed by atoms with E-state index < -0.39 is 6.10 Å². The van der Waals surface area contributed by atoms with E-state index in [4.69, 9.17) is 21.2 Å². The van der Waals surface area contributed by atoms with Gasteiger partial charge >= 0.3 is 0 Å². The van der Waals surface area contributed by atoms with Gasteiger partial charge in [0.05, 0.1) is 18.4 Å². The smallest absolute Gasteiger partial charge is 0.145 e. The summed E-state index contributed by atoms with van der Waals surface area (Å²) < 4.78 is 19.1. The topological polar surface area (TPSA) is 54.3 Å². The van der Waals surface area contributed by atoms with E-state index in [1.165, 1.54) is 13.2 Å². The van der Waals surface area contributed by atoms with Crippen LogP contribution in [-0.4, -0.2) is 54.7 Å². The lowest BCUT2D eigenvalue weighted by atomic mass is 10.0. The fourth-order valence-corrected chi connectivity index (χ4v) is 3.37. The van der Waals surface area contributed by atoms with Crippen molar-refractivity contribution >= 4 is 17.3 Å². The summed E-state index contributed by atoms with van der Waals surface area (Å²) in [7, 11) is 1.54. The molecule has 0 aliphatic carbocycles. The molecule has 1 N–H and O–H groups in total. The second kappa shape index (κ2) is 9.98. The molecule has 1 aliphatic heterocycles. The Labute approximate surface area is 169 Å². The van der Waals surface area contributed by atoms with Gasteiger partial charge < -0.3 is 14.7 Å². The predicted octanol–water partition coefficient (Wildman–Crippen LogP) is 3.48. The van der Waals surface area contributed by atoms with Crippen molar-refractivity contribution in [3.05, 3.63) is 70.5 Å². The quantitative estimate of drug-likeness (QED) is 0.692. The van der Waals surface area contributed by atoms with Crippen LogP contribution < -0.4 is 0 Å². The lowest BCUT2D eigenvalue weighted by Gasteiger charge is -2.26. The van der Waals surface area contributed by atoms with Crippen molar-refractivity contribution in [3.63, 3.8) is 0 Å².